The fraction of sp³-hybridized carbons (Fsp3) is 1.00. The summed E-state index contributed by atoms with van der Waals surface area (Å²) in [6, 6.07) is 0. The second-order valence-electron chi connectivity index (χ2n) is 0. The van der Waals surface area contributed by atoms with Crippen LogP contribution in [0.1, 0.15) is 30.5 Å². The van der Waals surface area contributed by atoms with Crippen molar-refractivity contribution in [1.82, 2.24) is 0 Å². The summed E-state index contributed by atoms with van der Waals surface area (Å²) in [5.74, 6) is 0. The van der Waals surface area contributed by atoms with Crippen molar-refractivity contribution in [3.05, 3.63) is 0 Å². The zero-order valence-electron chi connectivity index (χ0n) is 7.95. The highest BCUT2D eigenvalue weighted by Crippen LogP contribution is 1.15. The van der Waals surface area contributed by atoms with Crippen molar-refractivity contribution in [3.63, 3.8) is 0 Å². The van der Waals surface area contributed by atoms with Crippen LogP contribution in [0.15, 0.2) is 0 Å². The Morgan fingerprint density at radius 3 is 0.857 bits per heavy atom. The molecular weight excluding hydrogens is 92.1 g/mol. The smallest absolute Gasteiger partial charge is 0.412 e. The topological polar surface area (TPSA) is 51.7 Å². The molecule has 2 nitrogen and oxygen atoms in total. The molecule has 0 heterocycles. The van der Waals surface area contributed by atoms with Gasteiger partial charge in [0.1, 0.15) is 0 Å². The van der Waals surface area contributed by atoms with Crippen LogP contribution in [0.3, 0.4) is 0 Å². The number of hydrogen-bond acceptors (Lipinski definition) is 1. The standard InChI is InChI=1S/2C2H6.CH4O.H2O/c3*1-2;/h2*1-2H3;2H,1H3;1H2/p+2. The van der Waals surface area contributed by atoms with Gasteiger partial charge in [-0.15, -0.1) is 0 Å². The lowest BCUT2D eigenvalue weighted by Gasteiger charge is -1.21. The summed E-state index contributed by atoms with van der Waals surface area (Å²) in [5, 5.41) is 7.00. The van der Waals surface area contributed by atoms with Crippen LogP contribution in [0.25, 0.3) is 0 Å². The molecule has 0 fully saturated rings. The molecule has 0 unspecified atom stereocenters. The third kappa shape index (κ3) is 14200. The molecule has 7 heavy (non-hydrogen) atoms. The summed E-state index contributed by atoms with van der Waals surface area (Å²) in [6.45, 7) is 8.00. The molecule has 0 aliphatic heterocycles. The maximum absolute atomic E-state index is 7.00. The van der Waals surface area contributed by atoms with Gasteiger partial charge in [-0.05, 0) is 0 Å². The highest BCUT2D eigenvalue weighted by atomic mass is 16.2. The van der Waals surface area contributed by atoms with Gasteiger partial charge in [0.2, 0.25) is 0 Å². The van der Waals surface area contributed by atoms with Crippen LogP contribution < -0.4 is 0 Å². The van der Waals surface area contributed by atoms with Gasteiger partial charge in [0, 0.05) is 7.11 Å². The van der Waals surface area contributed by atoms with Gasteiger partial charge in [0.15, 0.2) is 0 Å². The molecule has 0 spiro atoms. The Balaban J connectivity index is -0.00000000321. The summed E-state index contributed by atoms with van der Waals surface area (Å²) < 4.78 is 0. The first-order valence-electron chi connectivity index (χ1n) is 2.45. The summed E-state index contributed by atoms with van der Waals surface area (Å²) in [5.41, 5.74) is 0. The molecule has 0 atom stereocenters. The van der Waals surface area contributed by atoms with E-state index in [4.69, 9.17) is 5.11 Å². The van der Waals surface area contributed by atoms with E-state index in [9.17, 15) is 0 Å². The summed E-state index contributed by atoms with van der Waals surface area (Å²) in [7, 11) is 1.00. The Labute approximate surface area is 49.5 Å². The van der Waals surface area contributed by atoms with Crippen molar-refractivity contribution in [1.29, 1.82) is 0 Å². The molecule has 0 radical (unpaired) electrons. The van der Waals surface area contributed by atoms with E-state index in [1.165, 1.54) is 0 Å². The Morgan fingerprint density at radius 1 is 0.857 bits per heavy atom. The average Bonchev–Trinajstić information content (AvgIpc) is 1.81. The predicted molar refractivity (Wildman–Crippen MR) is 36.7 cm³/mol. The van der Waals surface area contributed by atoms with Crippen LogP contribution >= 0.6 is 0 Å². The van der Waals surface area contributed by atoms with Gasteiger partial charge in [-0.25, -0.2) is 0 Å². The van der Waals surface area contributed by atoms with Crippen LogP contribution in [0.4, 0.5) is 0 Å². The highest BCUT2D eigenvalue weighted by Gasteiger charge is 0.934. The molecule has 0 aliphatic rings. The van der Waals surface area contributed by atoms with E-state index in [0.29, 0.717) is 0 Å². The van der Waals surface area contributed by atoms with E-state index >= 15 is 0 Å². The van der Waals surface area contributed by atoms with Gasteiger partial charge < -0.3 is 10.6 Å². The SMILES string of the molecule is CC.CC.CO.O.[H+].[H+]. The molecule has 50 valence electrons. The fourth-order valence-electron chi connectivity index (χ4n) is 0. The van der Waals surface area contributed by atoms with Crippen molar-refractivity contribution in [2.24, 2.45) is 0 Å². The lowest BCUT2D eigenvalue weighted by Crippen LogP contribution is -1.25. The average molecular weight is 112 g/mol. The van der Waals surface area contributed by atoms with E-state index in [1.807, 2.05) is 27.7 Å². The molecule has 0 aromatic heterocycles. The Bertz CT molecular complexity index is 12.9. The quantitative estimate of drug-likeness (QED) is 0.500. The van der Waals surface area contributed by atoms with E-state index in [2.05, 4.69) is 0 Å². The number of aliphatic hydroxyl groups excluding tert-OH is 1. The first kappa shape index (κ1) is 28.4. The minimum absolute atomic E-state index is 0. The lowest BCUT2D eigenvalue weighted by molar-refractivity contribution is 0.399. The second kappa shape index (κ2) is 22400. The van der Waals surface area contributed by atoms with Crippen molar-refractivity contribution in [2.75, 3.05) is 7.11 Å². The van der Waals surface area contributed by atoms with Crippen LogP contribution in [0, 0.1) is 0 Å². The van der Waals surface area contributed by atoms with Gasteiger partial charge in [-0.1, -0.05) is 27.7 Å². The zero-order valence-corrected chi connectivity index (χ0v) is 5.95. The third-order valence-corrected chi connectivity index (χ3v) is 0. The monoisotopic (exact) mass is 112 g/mol. The largest absolute Gasteiger partial charge is 1.00 e. The first-order valence-corrected chi connectivity index (χ1v) is 2.45. The molecule has 0 aliphatic carbocycles. The van der Waals surface area contributed by atoms with Crippen molar-refractivity contribution in [3.8, 4) is 0 Å². The normalized spacial score (nSPS) is 2.57. The van der Waals surface area contributed by atoms with Gasteiger partial charge in [0.25, 0.3) is 0 Å². The van der Waals surface area contributed by atoms with Crippen LogP contribution in [0.5, 0.6) is 0 Å². The van der Waals surface area contributed by atoms with Crippen molar-refractivity contribution in [2.45, 2.75) is 27.7 Å². The van der Waals surface area contributed by atoms with Gasteiger partial charge in [0.05, 0.1) is 0 Å². The van der Waals surface area contributed by atoms with E-state index in [0.717, 1.165) is 7.11 Å². The van der Waals surface area contributed by atoms with Crippen LogP contribution in [-0.4, -0.2) is 17.7 Å². The number of aliphatic hydroxyl groups is 1. The van der Waals surface area contributed by atoms with Crippen LogP contribution in [-0.2, 0) is 0 Å². The maximum atomic E-state index is 7.00. The van der Waals surface area contributed by atoms with E-state index in [-0.39, 0.29) is 8.33 Å². The van der Waals surface area contributed by atoms with E-state index < -0.39 is 0 Å². The van der Waals surface area contributed by atoms with E-state index in [1.54, 1.807) is 0 Å². The molecule has 0 amide bonds. The Kier molecular flexibility index (Phi) is 91000. The predicted octanol–water partition coefficient (Wildman–Crippen LogP) is 1.06. The molecule has 0 aromatic carbocycles. The van der Waals surface area contributed by atoms with Gasteiger partial charge >= 0.3 is 2.85 Å². The van der Waals surface area contributed by atoms with Crippen molar-refractivity contribution < 1.29 is 13.4 Å². The summed E-state index contributed by atoms with van der Waals surface area (Å²) >= 11 is 0. The molecule has 2 heteroatoms. The van der Waals surface area contributed by atoms with Gasteiger partial charge in [-0.2, -0.15) is 0 Å². The number of hydrogen-bond donors (Lipinski definition) is 1. The lowest BCUT2D eigenvalue weighted by atomic mass is 11.0. The zero-order chi connectivity index (χ0) is 6.00. The molecule has 3 N–H and O–H groups in total. The maximum Gasteiger partial charge on any atom is 1.00 e. The molecule has 0 rings (SSSR count). The van der Waals surface area contributed by atoms with Gasteiger partial charge in [-0.3, -0.25) is 0 Å². The first-order chi connectivity index (χ1) is 3.00. The van der Waals surface area contributed by atoms with Crippen LogP contribution in [0.2, 0.25) is 0 Å². The fourth-order valence-corrected chi connectivity index (χ4v) is 0. The molecule has 0 bridgehead atoms. The Morgan fingerprint density at radius 2 is 0.857 bits per heavy atom. The highest BCUT2D eigenvalue weighted by molar-refractivity contribution is 3.51. The molecular formula is C5H20O2+2. The summed E-state index contributed by atoms with van der Waals surface area (Å²) in [4.78, 5) is 0. The molecule has 0 aromatic rings. The minimum atomic E-state index is 0. The third-order valence-electron chi connectivity index (χ3n) is 0. The van der Waals surface area contributed by atoms with Crippen molar-refractivity contribution >= 4 is 0 Å². The summed E-state index contributed by atoms with van der Waals surface area (Å²) in [6.07, 6.45) is 0. The minimum Gasteiger partial charge on any atom is -0.412 e. The molecule has 0 saturated carbocycles. The molecule has 0 saturated heterocycles. The number of rotatable bonds is 0. The Hall–Kier alpha value is -0.0800. The second-order valence-corrected chi connectivity index (χ2v) is 0.